The number of ketones is 1. The molecule has 1 N–H and O–H groups in total. The fourth-order valence-corrected chi connectivity index (χ4v) is 3.25. The van der Waals surface area contributed by atoms with Crippen LogP contribution in [0.5, 0.6) is 5.75 Å². The van der Waals surface area contributed by atoms with E-state index in [0.717, 1.165) is 11.1 Å². The van der Waals surface area contributed by atoms with Crippen LogP contribution in [0.25, 0.3) is 11.1 Å². The number of carbonyl (C=O) groups is 1. The second-order valence-corrected chi connectivity index (χ2v) is 6.14. The number of Topliss-reactive ketones (excluding diaryl/α,β-unsaturated/α-hetero) is 1. The number of benzene rings is 3. The van der Waals surface area contributed by atoms with Gasteiger partial charge in [0.2, 0.25) is 0 Å². The third-order valence-corrected chi connectivity index (χ3v) is 4.52. The van der Waals surface area contributed by atoms with Crippen molar-refractivity contribution in [2.75, 3.05) is 0 Å². The van der Waals surface area contributed by atoms with Gasteiger partial charge in [0.05, 0.1) is 0 Å². The Bertz CT molecular complexity index is 1030. The molecule has 0 fully saturated rings. The minimum Gasteiger partial charge on any atom is -0.508 e. The van der Waals surface area contributed by atoms with Crippen LogP contribution in [0.4, 0.5) is 4.39 Å². The summed E-state index contributed by atoms with van der Waals surface area (Å²) in [4.78, 5) is 13.0. The first-order valence-electron chi connectivity index (χ1n) is 8.00. The molecule has 3 heteroatoms. The molecule has 0 saturated heterocycles. The minimum atomic E-state index is -0.344. The van der Waals surface area contributed by atoms with E-state index in [-0.39, 0.29) is 17.3 Å². The van der Waals surface area contributed by atoms with Crippen LogP contribution in [0.2, 0.25) is 0 Å². The summed E-state index contributed by atoms with van der Waals surface area (Å²) in [6.07, 6.45) is 0. The molecule has 122 valence electrons. The van der Waals surface area contributed by atoms with Crippen molar-refractivity contribution >= 4 is 16.9 Å². The van der Waals surface area contributed by atoms with Gasteiger partial charge in [-0.3, -0.25) is 4.79 Å². The topological polar surface area (TPSA) is 37.3 Å². The van der Waals surface area contributed by atoms with Crippen molar-refractivity contribution in [2.24, 2.45) is 0 Å². The zero-order valence-electron chi connectivity index (χ0n) is 13.6. The van der Waals surface area contributed by atoms with Gasteiger partial charge in [0.15, 0.2) is 5.78 Å². The molecule has 0 unspecified atom stereocenters. The first-order valence-corrected chi connectivity index (χ1v) is 8.00. The zero-order chi connectivity index (χ0) is 17.6. The van der Waals surface area contributed by atoms with E-state index in [2.05, 4.69) is 0 Å². The van der Waals surface area contributed by atoms with Crippen LogP contribution in [0.15, 0.2) is 66.7 Å². The molecule has 1 aliphatic rings. The standard InChI is InChI=1S/C22H15FO2/c1-13-7-8-15(11-19(13)23)21-20(14-5-3-2-4-6-14)18-12-16(24)9-10-17(18)22(21)25/h2-12,24H,1H3. The summed E-state index contributed by atoms with van der Waals surface area (Å²) in [5.74, 6) is -0.405. The minimum absolute atomic E-state index is 0.0938. The van der Waals surface area contributed by atoms with Crippen LogP contribution in [0, 0.1) is 12.7 Å². The molecule has 0 aromatic heterocycles. The van der Waals surface area contributed by atoms with Gasteiger partial charge in [-0.05, 0) is 53.4 Å². The Hall–Kier alpha value is -3.20. The zero-order valence-corrected chi connectivity index (χ0v) is 13.6. The average molecular weight is 330 g/mol. The number of halogens is 1. The molecule has 2 nitrogen and oxygen atoms in total. The van der Waals surface area contributed by atoms with E-state index < -0.39 is 0 Å². The Morgan fingerprint density at radius 1 is 0.800 bits per heavy atom. The lowest BCUT2D eigenvalue weighted by Crippen LogP contribution is -1.99. The number of hydrogen-bond acceptors (Lipinski definition) is 2. The number of allylic oxidation sites excluding steroid dienone is 1. The van der Waals surface area contributed by atoms with E-state index in [1.165, 1.54) is 12.1 Å². The molecule has 0 saturated carbocycles. The summed E-state index contributed by atoms with van der Waals surface area (Å²) in [6.45, 7) is 1.69. The summed E-state index contributed by atoms with van der Waals surface area (Å²) >= 11 is 0. The number of aryl methyl sites for hydroxylation is 1. The van der Waals surface area contributed by atoms with Gasteiger partial charge in [0.25, 0.3) is 0 Å². The molecule has 0 bridgehead atoms. The highest BCUT2D eigenvalue weighted by Crippen LogP contribution is 2.43. The molecule has 0 aliphatic heterocycles. The molecule has 0 atom stereocenters. The Balaban J connectivity index is 2.05. The number of fused-ring (bicyclic) bond motifs is 1. The van der Waals surface area contributed by atoms with E-state index in [1.54, 1.807) is 31.2 Å². The molecule has 1 aliphatic carbocycles. The van der Waals surface area contributed by atoms with Gasteiger partial charge in [-0.25, -0.2) is 4.39 Å². The lowest BCUT2D eigenvalue weighted by molar-refractivity contribution is 0.105. The van der Waals surface area contributed by atoms with Crippen molar-refractivity contribution in [1.29, 1.82) is 0 Å². The fourth-order valence-electron chi connectivity index (χ4n) is 3.25. The average Bonchev–Trinajstić information content (AvgIpc) is 2.90. The Morgan fingerprint density at radius 2 is 1.56 bits per heavy atom. The van der Waals surface area contributed by atoms with Gasteiger partial charge in [-0.2, -0.15) is 0 Å². The third kappa shape index (κ3) is 2.45. The second-order valence-electron chi connectivity index (χ2n) is 6.14. The van der Waals surface area contributed by atoms with Crippen LogP contribution in [-0.2, 0) is 0 Å². The summed E-state index contributed by atoms with van der Waals surface area (Å²) in [5, 5.41) is 9.89. The van der Waals surface area contributed by atoms with Gasteiger partial charge < -0.3 is 5.11 Å². The predicted molar refractivity (Wildman–Crippen MR) is 95.9 cm³/mol. The Morgan fingerprint density at radius 3 is 2.28 bits per heavy atom. The van der Waals surface area contributed by atoms with Crippen LogP contribution in [0.3, 0.4) is 0 Å². The maximum atomic E-state index is 14.1. The molecule has 25 heavy (non-hydrogen) atoms. The van der Waals surface area contributed by atoms with Crippen LogP contribution in [0.1, 0.15) is 32.6 Å². The van der Waals surface area contributed by atoms with Gasteiger partial charge >= 0.3 is 0 Å². The lowest BCUT2D eigenvalue weighted by Gasteiger charge is -2.09. The van der Waals surface area contributed by atoms with Gasteiger partial charge in [0.1, 0.15) is 11.6 Å². The fraction of sp³-hybridized carbons (Fsp3) is 0.0455. The van der Waals surface area contributed by atoms with E-state index in [1.807, 2.05) is 30.3 Å². The van der Waals surface area contributed by atoms with Crippen LogP contribution < -0.4 is 0 Å². The molecular weight excluding hydrogens is 315 g/mol. The summed E-state index contributed by atoms with van der Waals surface area (Å²) < 4.78 is 14.1. The van der Waals surface area contributed by atoms with Gasteiger partial charge in [-0.1, -0.05) is 42.5 Å². The SMILES string of the molecule is Cc1ccc(C2=C(c3ccccc3)c3cc(O)ccc3C2=O)cc1F. The quantitative estimate of drug-likeness (QED) is 0.718. The Labute approximate surface area is 144 Å². The Kier molecular flexibility index (Phi) is 3.50. The number of carbonyl (C=O) groups excluding carboxylic acids is 1. The maximum absolute atomic E-state index is 14.1. The molecule has 0 heterocycles. The molecule has 3 aromatic rings. The van der Waals surface area contributed by atoms with Crippen molar-refractivity contribution in [1.82, 2.24) is 0 Å². The monoisotopic (exact) mass is 330 g/mol. The summed E-state index contributed by atoms with van der Waals surface area (Å²) in [5.41, 5.74) is 4.32. The highest BCUT2D eigenvalue weighted by Gasteiger charge is 2.31. The number of aromatic hydroxyl groups is 1. The molecule has 0 spiro atoms. The largest absolute Gasteiger partial charge is 0.508 e. The van der Waals surface area contributed by atoms with Crippen LogP contribution in [-0.4, -0.2) is 10.9 Å². The van der Waals surface area contributed by atoms with Crippen LogP contribution >= 0.6 is 0 Å². The summed E-state index contributed by atoms with van der Waals surface area (Å²) in [7, 11) is 0. The number of phenolic OH excluding ortho intramolecular Hbond substituents is 1. The van der Waals surface area contributed by atoms with E-state index in [4.69, 9.17) is 0 Å². The predicted octanol–water partition coefficient (Wildman–Crippen LogP) is 5.00. The maximum Gasteiger partial charge on any atom is 0.194 e. The highest BCUT2D eigenvalue weighted by molar-refractivity contribution is 6.41. The second kappa shape index (κ2) is 5.71. The van der Waals surface area contributed by atoms with Crippen molar-refractivity contribution in [3.05, 3.63) is 100 Å². The molecule has 0 amide bonds. The van der Waals surface area contributed by atoms with Crippen molar-refractivity contribution < 1.29 is 14.3 Å². The normalized spacial score (nSPS) is 13.3. The smallest absolute Gasteiger partial charge is 0.194 e. The third-order valence-electron chi connectivity index (χ3n) is 4.52. The van der Waals surface area contributed by atoms with Crippen molar-refractivity contribution in [3.8, 4) is 5.75 Å². The van der Waals surface area contributed by atoms with Crippen molar-refractivity contribution in [2.45, 2.75) is 6.92 Å². The molecule has 0 radical (unpaired) electrons. The van der Waals surface area contributed by atoms with Gasteiger partial charge in [0, 0.05) is 16.7 Å². The molecule has 3 aromatic carbocycles. The van der Waals surface area contributed by atoms with Crippen molar-refractivity contribution in [3.63, 3.8) is 0 Å². The van der Waals surface area contributed by atoms with E-state index in [9.17, 15) is 14.3 Å². The molecular formula is C22H15FO2. The first kappa shape index (κ1) is 15.3. The van der Waals surface area contributed by atoms with E-state index >= 15 is 0 Å². The number of rotatable bonds is 2. The van der Waals surface area contributed by atoms with E-state index in [0.29, 0.717) is 27.8 Å². The lowest BCUT2D eigenvalue weighted by atomic mass is 9.94. The highest BCUT2D eigenvalue weighted by atomic mass is 19.1. The first-order chi connectivity index (χ1) is 12.1. The number of phenols is 1. The molecule has 4 rings (SSSR count). The summed E-state index contributed by atoms with van der Waals surface area (Å²) in [6, 6.07) is 19.0. The number of hydrogen-bond donors (Lipinski definition) is 1. The van der Waals surface area contributed by atoms with Gasteiger partial charge in [-0.15, -0.1) is 0 Å².